The number of benzene rings is 2. The minimum absolute atomic E-state index is 0.0821. The first-order chi connectivity index (χ1) is 11.1. The van der Waals surface area contributed by atoms with Crippen LogP contribution in [0.5, 0.6) is 0 Å². The second-order valence-corrected chi connectivity index (χ2v) is 5.74. The molecule has 0 spiro atoms. The molecule has 3 N–H and O–H groups in total. The summed E-state index contributed by atoms with van der Waals surface area (Å²) in [4.78, 5) is 16.5. The molecule has 3 rings (SSSR count). The Morgan fingerprint density at radius 3 is 2.65 bits per heavy atom. The summed E-state index contributed by atoms with van der Waals surface area (Å²) in [6, 6.07) is 16.8. The van der Waals surface area contributed by atoms with Gasteiger partial charge in [0.25, 0.3) is 0 Å². The van der Waals surface area contributed by atoms with Crippen molar-refractivity contribution >= 4 is 34.1 Å². The average Bonchev–Trinajstić information content (AvgIpc) is 2.55. The fourth-order valence-electron chi connectivity index (χ4n) is 2.34. The molecule has 5 heteroatoms. The highest BCUT2D eigenvalue weighted by Crippen LogP contribution is 2.19. The highest BCUT2D eigenvalue weighted by molar-refractivity contribution is 6.30. The summed E-state index contributed by atoms with van der Waals surface area (Å²) in [6.45, 7) is 0.464. The van der Waals surface area contributed by atoms with Crippen LogP contribution in [0.2, 0.25) is 5.02 Å². The molecule has 0 aliphatic rings. The highest BCUT2D eigenvalue weighted by Gasteiger charge is 2.07. The first-order valence-corrected chi connectivity index (χ1v) is 7.65. The molecule has 1 amide bonds. The molecular weight excluding hydrogens is 310 g/mol. The minimum Gasteiger partial charge on any atom is -0.397 e. The van der Waals surface area contributed by atoms with Crippen molar-refractivity contribution in [1.29, 1.82) is 0 Å². The van der Waals surface area contributed by atoms with Crippen LogP contribution in [0.15, 0.2) is 54.6 Å². The molecule has 1 aromatic heterocycles. The summed E-state index contributed by atoms with van der Waals surface area (Å²) in [5, 5.41) is 4.52. The summed E-state index contributed by atoms with van der Waals surface area (Å²) < 4.78 is 0. The fourth-order valence-corrected chi connectivity index (χ4v) is 2.46. The van der Waals surface area contributed by atoms with E-state index in [2.05, 4.69) is 10.3 Å². The smallest absolute Gasteiger partial charge is 0.226 e. The number of amides is 1. The van der Waals surface area contributed by atoms with Crippen molar-refractivity contribution in [2.75, 3.05) is 5.73 Å². The van der Waals surface area contributed by atoms with Crippen LogP contribution in [0.25, 0.3) is 10.9 Å². The Balaban J connectivity index is 1.65. The largest absolute Gasteiger partial charge is 0.397 e. The Morgan fingerprint density at radius 2 is 1.87 bits per heavy atom. The van der Waals surface area contributed by atoms with Crippen LogP contribution >= 0.6 is 11.6 Å². The molecule has 0 aliphatic heterocycles. The lowest BCUT2D eigenvalue weighted by Gasteiger charge is -2.07. The van der Waals surface area contributed by atoms with E-state index in [4.69, 9.17) is 17.3 Å². The number of nitrogens with zero attached hydrogens (tertiary/aromatic N) is 1. The Bertz CT molecular complexity index is 847. The first kappa shape index (κ1) is 15.3. The second kappa shape index (κ2) is 6.67. The van der Waals surface area contributed by atoms with E-state index in [-0.39, 0.29) is 12.3 Å². The van der Waals surface area contributed by atoms with Gasteiger partial charge in [-0.15, -0.1) is 0 Å². The number of nitrogens with one attached hydrogen (secondary N) is 1. The summed E-state index contributed by atoms with van der Waals surface area (Å²) in [5.41, 5.74) is 8.97. The number of carbonyl (C=O) groups excluding carboxylic acids is 1. The maximum absolute atomic E-state index is 12.1. The maximum atomic E-state index is 12.1. The molecule has 4 nitrogen and oxygen atoms in total. The molecule has 0 fully saturated rings. The third kappa shape index (κ3) is 3.79. The lowest BCUT2D eigenvalue weighted by Crippen LogP contribution is -2.24. The van der Waals surface area contributed by atoms with E-state index < -0.39 is 0 Å². The van der Waals surface area contributed by atoms with Gasteiger partial charge in [-0.3, -0.25) is 9.78 Å². The number of nitrogens with two attached hydrogens (primary N) is 1. The third-order valence-electron chi connectivity index (χ3n) is 3.55. The molecule has 0 unspecified atom stereocenters. The Morgan fingerprint density at radius 1 is 1.09 bits per heavy atom. The van der Waals surface area contributed by atoms with Gasteiger partial charge >= 0.3 is 0 Å². The van der Waals surface area contributed by atoms with Crippen LogP contribution in [0.3, 0.4) is 0 Å². The van der Waals surface area contributed by atoms with Crippen LogP contribution in [-0.2, 0) is 17.8 Å². The topological polar surface area (TPSA) is 68.0 Å². The first-order valence-electron chi connectivity index (χ1n) is 7.27. The Kier molecular flexibility index (Phi) is 4.44. The second-order valence-electron chi connectivity index (χ2n) is 5.30. The van der Waals surface area contributed by atoms with Crippen LogP contribution in [0.4, 0.5) is 5.69 Å². The number of nitrogen functional groups attached to an aromatic ring is 1. The summed E-state index contributed by atoms with van der Waals surface area (Å²) >= 11 is 5.84. The maximum Gasteiger partial charge on any atom is 0.226 e. The monoisotopic (exact) mass is 325 g/mol. The number of rotatable bonds is 4. The van der Waals surface area contributed by atoms with Gasteiger partial charge in [0.1, 0.15) is 0 Å². The molecule has 116 valence electrons. The molecule has 0 bridgehead atoms. The summed E-state index contributed by atoms with van der Waals surface area (Å²) in [6.07, 6.45) is 0.220. The van der Waals surface area contributed by atoms with E-state index in [0.29, 0.717) is 22.9 Å². The predicted octanol–water partition coefficient (Wildman–Crippen LogP) is 3.33. The van der Waals surface area contributed by atoms with Crippen molar-refractivity contribution in [3.63, 3.8) is 0 Å². The van der Waals surface area contributed by atoms with Gasteiger partial charge in [0.2, 0.25) is 5.91 Å². The Labute approximate surface area is 139 Å². The molecule has 0 saturated carbocycles. The molecule has 3 aromatic rings. The number of aromatic nitrogens is 1. The number of halogens is 1. The van der Waals surface area contributed by atoms with Gasteiger partial charge in [0.15, 0.2) is 0 Å². The van der Waals surface area contributed by atoms with E-state index in [1.165, 1.54) is 0 Å². The van der Waals surface area contributed by atoms with E-state index in [1.807, 2.05) is 36.4 Å². The molecule has 2 aromatic carbocycles. The van der Waals surface area contributed by atoms with Gasteiger partial charge in [-0.05, 0) is 29.8 Å². The van der Waals surface area contributed by atoms with Crippen molar-refractivity contribution in [2.45, 2.75) is 13.0 Å². The van der Waals surface area contributed by atoms with E-state index in [1.54, 1.807) is 18.2 Å². The van der Waals surface area contributed by atoms with Crippen molar-refractivity contribution in [3.05, 3.63) is 70.9 Å². The molecule has 0 radical (unpaired) electrons. The van der Waals surface area contributed by atoms with E-state index in [0.717, 1.165) is 16.5 Å². The molecule has 0 atom stereocenters. The fraction of sp³-hybridized carbons (Fsp3) is 0.111. The zero-order valence-corrected chi connectivity index (χ0v) is 13.2. The zero-order valence-electron chi connectivity index (χ0n) is 12.4. The molecular formula is C18H16ClN3O. The zero-order chi connectivity index (χ0) is 16.2. The quantitative estimate of drug-likeness (QED) is 0.723. The standard InChI is InChI=1S/C18H16ClN3O/c19-14-7-4-12(5-8-14)11-21-17(23)10-15-9-6-13-2-1-3-16(20)18(13)22-15/h1-9H,10-11,20H2,(H,21,23). The van der Waals surface area contributed by atoms with Gasteiger partial charge in [-0.1, -0.05) is 41.9 Å². The van der Waals surface area contributed by atoms with Crippen LogP contribution in [0.1, 0.15) is 11.3 Å². The molecule has 0 aliphatic carbocycles. The summed E-state index contributed by atoms with van der Waals surface area (Å²) in [7, 11) is 0. The minimum atomic E-state index is -0.0821. The highest BCUT2D eigenvalue weighted by atomic mass is 35.5. The van der Waals surface area contributed by atoms with Gasteiger partial charge in [0, 0.05) is 17.0 Å². The molecule has 1 heterocycles. The number of anilines is 1. The lowest BCUT2D eigenvalue weighted by molar-refractivity contribution is -0.120. The SMILES string of the molecule is Nc1cccc2ccc(CC(=O)NCc3ccc(Cl)cc3)nc12. The normalized spacial score (nSPS) is 10.7. The number of para-hydroxylation sites is 1. The van der Waals surface area contributed by atoms with Gasteiger partial charge in [-0.2, -0.15) is 0 Å². The number of carbonyl (C=O) groups is 1. The number of hydrogen-bond acceptors (Lipinski definition) is 3. The van der Waals surface area contributed by atoms with Crippen molar-refractivity contribution in [2.24, 2.45) is 0 Å². The van der Waals surface area contributed by atoms with Crippen LogP contribution < -0.4 is 11.1 Å². The van der Waals surface area contributed by atoms with Crippen molar-refractivity contribution in [1.82, 2.24) is 10.3 Å². The number of pyridine rings is 1. The molecule has 23 heavy (non-hydrogen) atoms. The van der Waals surface area contributed by atoms with Crippen molar-refractivity contribution in [3.8, 4) is 0 Å². The third-order valence-corrected chi connectivity index (χ3v) is 3.81. The average molecular weight is 326 g/mol. The van der Waals surface area contributed by atoms with Crippen molar-refractivity contribution < 1.29 is 4.79 Å². The number of hydrogen-bond donors (Lipinski definition) is 2. The van der Waals surface area contributed by atoms with Crippen LogP contribution in [0, 0.1) is 0 Å². The Hall–Kier alpha value is -2.59. The molecule has 0 saturated heterocycles. The number of fused-ring (bicyclic) bond motifs is 1. The predicted molar refractivity (Wildman–Crippen MR) is 93.2 cm³/mol. The van der Waals surface area contributed by atoms with E-state index in [9.17, 15) is 4.79 Å². The van der Waals surface area contributed by atoms with Crippen LogP contribution in [-0.4, -0.2) is 10.9 Å². The van der Waals surface area contributed by atoms with Gasteiger partial charge in [-0.25, -0.2) is 0 Å². The van der Waals surface area contributed by atoms with Gasteiger partial charge < -0.3 is 11.1 Å². The van der Waals surface area contributed by atoms with E-state index >= 15 is 0 Å². The van der Waals surface area contributed by atoms with Gasteiger partial charge in [0.05, 0.1) is 23.3 Å². The summed E-state index contributed by atoms with van der Waals surface area (Å²) in [5.74, 6) is -0.0821. The lowest BCUT2D eigenvalue weighted by atomic mass is 10.1.